The third kappa shape index (κ3) is 2.15. The highest BCUT2D eigenvalue weighted by molar-refractivity contribution is 7.81. The van der Waals surface area contributed by atoms with E-state index < -0.39 is 29.9 Å². The second-order valence-corrected chi connectivity index (χ2v) is 3.53. The number of aliphatic hydroxyl groups excluding tert-OH is 3. The molecule has 1 fully saturated rings. The summed E-state index contributed by atoms with van der Waals surface area (Å²) in [5.74, 6) is 0. The van der Waals surface area contributed by atoms with Crippen molar-refractivity contribution < 1.29 is 24.8 Å². The van der Waals surface area contributed by atoms with Crippen LogP contribution in [-0.2, 0) is 9.47 Å². The van der Waals surface area contributed by atoms with Gasteiger partial charge < -0.3 is 24.8 Å². The maximum Gasteiger partial charge on any atom is 0.186 e. The van der Waals surface area contributed by atoms with Crippen LogP contribution in [0.15, 0.2) is 0 Å². The summed E-state index contributed by atoms with van der Waals surface area (Å²) < 4.78 is 9.90. The summed E-state index contributed by atoms with van der Waals surface area (Å²) in [6, 6.07) is 0. The van der Waals surface area contributed by atoms with Crippen molar-refractivity contribution >= 4 is 12.6 Å². The van der Waals surface area contributed by atoms with Crippen molar-refractivity contribution in [3.05, 3.63) is 0 Å². The fourth-order valence-corrected chi connectivity index (χ4v) is 1.60. The molecule has 5 nitrogen and oxygen atoms in total. The molecule has 0 saturated carbocycles. The average Bonchev–Trinajstić information content (AvgIpc) is 2.15. The van der Waals surface area contributed by atoms with Gasteiger partial charge in [-0.2, -0.15) is 12.6 Å². The number of rotatable bonds is 2. The zero-order valence-corrected chi connectivity index (χ0v) is 8.09. The molecule has 0 spiro atoms. The second-order valence-electron chi connectivity index (χ2n) is 2.93. The third-order valence-electron chi connectivity index (χ3n) is 2.08. The molecule has 78 valence electrons. The van der Waals surface area contributed by atoms with Crippen LogP contribution in [0.3, 0.4) is 0 Å². The summed E-state index contributed by atoms with van der Waals surface area (Å²) in [7, 11) is 1.36. The summed E-state index contributed by atoms with van der Waals surface area (Å²) in [5, 5.41) is 27.1. The standard InChI is InChI=1S/C7H14O5S/c1-11-7-5(10)4(9)6(13)3(2-8)12-7/h3-10,13H,2H2,1H3. The first-order valence-corrected chi connectivity index (χ1v) is 4.46. The Labute approximate surface area is 81.7 Å². The van der Waals surface area contributed by atoms with Crippen LogP contribution in [0.4, 0.5) is 0 Å². The van der Waals surface area contributed by atoms with Gasteiger partial charge >= 0.3 is 0 Å². The van der Waals surface area contributed by atoms with Gasteiger partial charge in [-0.15, -0.1) is 0 Å². The Balaban J connectivity index is 2.66. The summed E-state index contributed by atoms with van der Waals surface area (Å²) >= 11 is 4.02. The molecule has 0 aromatic rings. The van der Waals surface area contributed by atoms with Crippen LogP contribution >= 0.6 is 12.6 Å². The van der Waals surface area contributed by atoms with Gasteiger partial charge in [0.2, 0.25) is 0 Å². The van der Waals surface area contributed by atoms with Crippen LogP contribution in [0.5, 0.6) is 0 Å². The summed E-state index contributed by atoms with van der Waals surface area (Å²) in [4.78, 5) is 0. The fraction of sp³-hybridized carbons (Fsp3) is 1.00. The van der Waals surface area contributed by atoms with Crippen LogP contribution in [-0.4, -0.2) is 58.9 Å². The topological polar surface area (TPSA) is 79.2 Å². The van der Waals surface area contributed by atoms with Gasteiger partial charge in [0, 0.05) is 7.11 Å². The maximum absolute atomic E-state index is 9.45. The van der Waals surface area contributed by atoms with Gasteiger partial charge in [0.15, 0.2) is 6.29 Å². The molecule has 0 radical (unpaired) electrons. The minimum atomic E-state index is -1.13. The fourth-order valence-electron chi connectivity index (χ4n) is 1.26. The highest BCUT2D eigenvalue weighted by Crippen LogP contribution is 2.24. The van der Waals surface area contributed by atoms with E-state index in [1.807, 2.05) is 0 Å². The van der Waals surface area contributed by atoms with Crippen molar-refractivity contribution in [2.24, 2.45) is 0 Å². The molecule has 0 aromatic heterocycles. The van der Waals surface area contributed by atoms with E-state index in [0.29, 0.717) is 0 Å². The van der Waals surface area contributed by atoms with Crippen molar-refractivity contribution in [3.8, 4) is 0 Å². The molecule has 1 aliphatic heterocycles. The smallest absolute Gasteiger partial charge is 0.186 e. The van der Waals surface area contributed by atoms with Crippen molar-refractivity contribution in [3.63, 3.8) is 0 Å². The highest BCUT2D eigenvalue weighted by Gasteiger charge is 2.42. The van der Waals surface area contributed by atoms with E-state index in [1.165, 1.54) is 7.11 Å². The number of methoxy groups -OCH3 is 1. The third-order valence-corrected chi connectivity index (χ3v) is 2.72. The monoisotopic (exact) mass is 210 g/mol. The zero-order chi connectivity index (χ0) is 10.0. The van der Waals surface area contributed by atoms with E-state index in [1.54, 1.807) is 0 Å². The normalized spacial score (nSPS) is 46.4. The highest BCUT2D eigenvalue weighted by atomic mass is 32.1. The van der Waals surface area contributed by atoms with E-state index in [-0.39, 0.29) is 6.61 Å². The Morgan fingerprint density at radius 2 is 2.00 bits per heavy atom. The summed E-state index contributed by atoms with van der Waals surface area (Å²) in [5.41, 5.74) is 0. The SMILES string of the molecule is COC1OC(CO)C(S)C(O)C1O. The Morgan fingerprint density at radius 1 is 1.38 bits per heavy atom. The van der Waals surface area contributed by atoms with Gasteiger partial charge in [0.05, 0.1) is 24.1 Å². The molecule has 1 heterocycles. The van der Waals surface area contributed by atoms with Gasteiger partial charge in [0.1, 0.15) is 6.10 Å². The number of hydrogen-bond donors (Lipinski definition) is 4. The minimum absolute atomic E-state index is 0.266. The van der Waals surface area contributed by atoms with Crippen molar-refractivity contribution in [1.29, 1.82) is 0 Å². The summed E-state index contributed by atoms with van der Waals surface area (Å²) in [6.45, 7) is -0.266. The molecular formula is C7H14O5S. The lowest BCUT2D eigenvalue weighted by Gasteiger charge is -2.39. The Hall–Kier alpha value is 0.150. The van der Waals surface area contributed by atoms with E-state index in [2.05, 4.69) is 12.6 Å². The van der Waals surface area contributed by atoms with Gasteiger partial charge in [0.25, 0.3) is 0 Å². The van der Waals surface area contributed by atoms with Gasteiger partial charge in [-0.1, -0.05) is 0 Å². The first-order valence-electron chi connectivity index (χ1n) is 3.95. The van der Waals surface area contributed by atoms with Crippen LogP contribution in [0, 0.1) is 0 Å². The van der Waals surface area contributed by atoms with E-state index in [9.17, 15) is 10.2 Å². The molecule has 0 aromatic carbocycles. The molecular weight excluding hydrogens is 196 g/mol. The Kier molecular flexibility index (Phi) is 3.96. The molecule has 1 rings (SSSR count). The average molecular weight is 210 g/mol. The van der Waals surface area contributed by atoms with E-state index >= 15 is 0 Å². The first-order chi connectivity index (χ1) is 6.11. The summed E-state index contributed by atoms with van der Waals surface area (Å²) in [6.07, 6.45) is -3.71. The largest absolute Gasteiger partial charge is 0.394 e. The molecule has 13 heavy (non-hydrogen) atoms. The molecule has 3 N–H and O–H groups in total. The lowest BCUT2D eigenvalue weighted by Crippen LogP contribution is -2.57. The van der Waals surface area contributed by atoms with E-state index in [0.717, 1.165) is 0 Å². The van der Waals surface area contributed by atoms with E-state index in [4.69, 9.17) is 14.6 Å². The predicted octanol–water partition coefficient (Wildman–Crippen LogP) is -1.63. The van der Waals surface area contributed by atoms with Crippen LogP contribution in [0.1, 0.15) is 0 Å². The Bertz CT molecular complexity index is 147. The van der Waals surface area contributed by atoms with Crippen LogP contribution < -0.4 is 0 Å². The maximum atomic E-state index is 9.45. The second kappa shape index (κ2) is 4.59. The minimum Gasteiger partial charge on any atom is -0.394 e. The van der Waals surface area contributed by atoms with Crippen molar-refractivity contribution in [2.45, 2.75) is 29.9 Å². The molecule has 5 unspecified atom stereocenters. The molecule has 1 aliphatic rings. The number of thiol groups is 1. The van der Waals surface area contributed by atoms with Gasteiger partial charge in [-0.25, -0.2) is 0 Å². The van der Waals surface area contributed by atoms with Gasteiger partial charge in [-0.05, 0) is 0 Å². The molecule has 0 amide bonds. The molecule has 6 heteroatoms. The van der Waals surface area contributed by atoms with Crippen molar-refractivity contribution in [1.82, 2.24) is 0 Å². The zero-order valence-electron chi connectivity index (χ0n) is 7.20. The molecule has 0 bridgehead atoms. The molecule has 1 saturated heterocycles. The molecule has 5 atom stereocenters. The lowest BCUT2D eigenvalue weighted by molar-refractivity contribution is -0.259. The van der Waals surface area contributed by atoms with Crippen LogP contribution in [0.2, 0.25) is 0 Å². The van der Waals surface area contributed by atoms with Gasteiger partial charge in [-0.3, -0.25) is 0 Å². The quantitative estimate of drug-likeness (QED) is 0.412. The van der Waals surface area contributed by atoms with Crippen LogP contribution in [0.25, 0.3) is 0 Å². The number of hydrogen-bond acceptors (Lipinski definition) is 6. The number of aliphatic hydroxyl groups is 3. The predicted molar refractivity (Wildman–Crippen MR) is 47.5 cm³/mol. The first kappa shape index (κ1) is 11.2. The number of ether oxygens (including phenoxy) is 2. The lowest BCUT2D eigenvalue weighted by atomic mass is 10.0. The molecule has 0 aliphatic carbocycles. The van der Waals surface area contributed by atoms with Crippen molar-refractivity contribution in [2.75, 3.05) is 13.7 Å². The Morgan fingerprint density at radius 3 is 2.46 bits per heavy atom.